The summed E-state index contributed by atoms with van der Waals surface area (Å²) in [6.45, 7) is 5.85. The molecule has 0 aliphatic heterocycles. The molecule has 0 aromatic carbocycles. The monoisotopic (exact) mass is 741 g/mol. The normalized spacial score (nSPS) is 11.6. The van der Waals surface area contributed by atoms with Crippen molar-refractivity contribution in [2.24, 2.45) is 5.92 Å². The summed E-state index contributed by atoms with van der Waals surface area (Å²) in [7, 11) is 0. The first-order valence-corrected chi connectivity index (χ1v) is 20.1. The minimum Gasteiger partial charge on any atom is -0.480 e. The molecule has 0 aliphatic rings. The highest BCUT2D eigenvalue weighted by Gasteiger charge is 2.20. The average molecular weight is 741 g/mol. The Labute approximate surface area is 313 Å². The lowest BCUT2D eigenvalue weighted by Gasteiger charge is -2.14. The summed E-state index contributed by atoms with van der Waals surface area (Å²) in [4.78, 5) is 69.7. The number of carboxylic acids is 1. The third-order valence-electron chi connectivity index (χ3n) is 8.77. The van der Waals surface area contributed by atoms with E-state index in [1.165, 1.54) is 70.6 Å². The van der Waals surface area contributed by atoms with Crippen LogP contribution >= 0.6 is 0 Å². The Morgan fingerprint density at radius 2 is 1.08 bits per heavy atom. The number of aldehydes is 1. The minimum atomic E-state index is -1.15. The van der Waals surface area contributed by atoms with E-state index in [9.17, 15) is 33.9 Å². The molecule has 0 spiro atoms. The van der Waals surface area contributed by atoms with Crippen molar-refractivity contribution in [1.29, 1.82) is 0 Å². The molecule has 13 heteroatoms. The molecule has 0 heterocycles. The van der Waals surface area contributed by atoms with Gasteiger partial charge in [-0.05, 0) is 32.1 Å². The van der Waals surface area contributed by atoms with Crippen molar-refractivity contribution < 1.29 is 43.3 Å². The number of ketones is 1. The topological polar surface area (TPSA) is 189 Å². The summed E-state index contributed by atoms with van der Waals surface area (Å²) in [5.41, 5.74) is 0. The van der Waals surface area contributed by atoms with Gasteiger partial charge in [-0.25, -0.2) is 9.59 Å². The van der Waals surface area contributed by atoms with Crippen molar-refractivity contribution in [3.63, 3.8) is 0 Å². The summed E-state index contributed by atoms with van der Waals surface area (Å²) in [6.07, 6.45) is 22.2. The van der Waals surface area contributed by atoms with E-state index in [2.05, 4.69) is 21.3 Å². The molecular formula is C39H72N4O9. The Balaban J connectivity index is 3.68. The van der Waals surface area contributed by atoms with Crippen molar-refractivity contribution >= 4 is 35.9 Å². The maximum atomic E-state index is 12.3. The Bertz CT molecular complexity index is 949. The number of carbonyl (C=O) groups excluding carboxylic acids is 5. The molecule has 0 aromatic rings. The smallest absolute Gasteiger partial charge is 0.326 e. The Morgan fingerprint density at radius 3 is 1.62 bits per heavy atom. The number of ether oxygens (including phenoxy) is 2. The fourth-order valence-electron chi connectivity index (χ4n) is 5.41. The fraction of sp³-hybridized carbons (Fsp3) is 0.846. The molecule has 52 heavy (non-hydrogen) atoms. The Hall–Kier alpha value is -3.06. The van der Waals surface area contributed by atoms with Gasteiger partial charge in [-0.2, -0.15) is 0 Å². The summed E-state index contributed by atoms with van der Waals surface area (Å²) < 4.78 is 10.6. The van der Waals surface area contributed by atoms with E-state index in [0.29, 0.717) is 58.7 Å². The van der Waals surface area contributed by atoms with Crippen LogP contribution in [0.5, 0.6) is 0 Å². The zero-order chi connectivity index (χ0) is 38.5. The van der Waals surface area contributed by atoms with Gasteiger partial charge in [0.1, 0.15) is 18.9 Å². The first-order chi connectivity index (χ1) is 25.2. The zero-order valence-corrected chi connectivity index (χ0v) is 32.5. The number of urea groups is 1. The third kappa shape index (κ3) is 34.0. The number of hydrogen-bond acceptors (Lipinski definition) is 8. The van der Waals surface area contributed by atoms with Gasteiger partial charge in [-0.1, -0.05) is 104 Å². The van der Waals surface area contributed by atoms with E-state index < -0.39 is 12.0 Å². The number of Topliss-reactive ketones (excluding diaryl/α,β-unsaturated/α-hetero) is 1. The number of unbranched alkanes of at least 4 members (excludes halogenated alkanes) is 17. The van der Waals surface area contributed by atoms with Gasteiger partial charge in [-0.15, -0.1) is 0 Å². The predicted molar refractivity (Wildman–Crippen MR) is 203 cm³/mol. The van der Waals surface area contributed by atoms with Crippen LogP contribution in [-0.2, 0) is 33.4 Å². The van der Waals surface area contributed by atoms with Crippen LogP contribution < -0.4 is 21.3 Å². The molecule has 1 atom stereocenters. The van der Waals surface area contributed by atoms with E-state index in [1.807, 2.05) is 13.8 Å². The molecule has 0 fully saturated rings. The summed E-state index contributed by atoms with van der Waals surface area (Å²) >= 11 is 0. The fourth-order valence-corrected chi connectivity index (χ4v) is 5.41. The first-order valence-electron chi connectivity index (χ1n) is 20.1. The Morgan fingerprint density at radius 1 is 0.577 bits per heavy atom. The number of amides is 4. The molecule has 4 amide bonds. The van der Waals surface area contributed by atoms with E-state index in [1.54, 1.807) is 0 Å². The molecule has 0 aromatic heterocycles. The van der Waals surface area contributed by atoms with E-state index in [-0.39, 0.29) is 55.4 Å². The van der Waals surface area contributed by atoms with Gasteiger partial charge in [0.15, 0.2) is 5.78 Å². The Kier molecular flexibility index (Phi) is 34.2. The number of carboxylic acid groups (broad SMARTS) is 1. The molecule has 5 N–H and O–H groups in total. The molecule has 0 rings (SSSR count). The van der Waals surface area contributed by atoms with Gasteiger partial charge in [0.05, 0.1) is 19.8 Å². The third-order valence-corrected chi connectivity index (χ3v) is 8.77. The number of nitrogens with one attached hydrogen (secondary N) is 4. The lowest BCUT2D eigenvalue weighted by molar-refractivity contribution is -0.142. The number of carbonyl (C=O) groups is 6. The van der Waals surface area contributed by atoms with Crippen LogP contribution in [0.15, 0.2) is 0 Å². The number of rotatable bonds is 38. The second-order valence-corrected chi connectivity index (χ2v) is 13.9. The van der Waals surface area contributed by atoms with E-state index in [0.717, 1.165) is 38.4 Å². The van der Waals surface area contributed by atoms with E-state index >= 15 is 0 Å². The molecule has 13 nitrogen and oxygen atoms in total. The second kappa shape index (κ2) is 36.3. The predicted octanol–water partition coefficient (Wildman–Crippen LogP) is 6.01. The van der Waals surface area contributed by atoms with Crippen molar-refractivity contribution in [3.05, 3.63) is 0 Å². The highest BCUT2D eigenvalue weighted by atomic mass is 16.5. The highest BCUT2D eigenvalue weighted by Crippen LogP contribution is 2.14. The first kappa shape index (κ1) is 48.9. The lowest BCUT2D eigenvalue weighted by Crippen LogP contribution is -2.41. The SMILES string of the molecule is CC(C)C(=O)COCCOCCNC(=O)NCCCCNC(=O)CC[C@H](NC(=O)CCCCCCCCCCCCCCCCCCC=O)C(=O)O. The van der Waals surface area contributed by atoms with Gasteiger partial charge in [0.25, 0.3) is 0 Å². The standard InChI is InChI=1S/C39H72N4O9/c1-33(2)35(45)32-52-31-30-51-29-27-42-39(50)41-26-20-19-25-40-36(46)24-23-34(38(48)49)43-37(47)22-18-16-14-12-10-8-6-4-3-5-7-9-11-13-15-17-21-28-44/h28,33-34H,3-27,29-32H2,1-2H3,(H,40,46)(H,43,47)(H,48,49)(H2,41,42,50)/t34-/m0/s1. The molecule has 0 radical (unpaired) electrons. The average Bonchev–Trinajstić information content (AvgIpc) is 3.11. The van der Waals surface area contributed by atoms with Crippen molar-refractivity contribution in [2.75, 3.05) is 46.1 Å². The molecule has 0 unspecified atom stereocenters. The maximum absolute atomic E-state index is 12.3. The number of aliphatic carboxylic acids is 1. The molecule has 0 bridgehead atoms. The largest absolute Gasteiger partial charge is 0.480 e. The van der Waals surface area contributed by atoms with Crippen LogP contribution in [0.25, 0.3) is 0 Å². The van der Waals surface area contributed by atoms with Gasteiger partial charge >= 0.3 is 12.0 Å². The highest BCUT2D eigenvalue weighted by molar-refractivity contribution is 5.84. The molecular weight excluding hydrogens is 668 g/mol. The van der Waals surface area contributed by atoms with Crippen molar-refractivity contribution in [2.45, 2.75) is 161 Å². The van der Waals surface area contributed by atoms with E-state index in [4.69, 9.17) is 9.47 Å². The molecule has 0 aliphatic carbocycles. The van der Waals surface area contributed by atoms with Crippen LogP contribution in [0.4, 0.5) is 4.79 Å². The van der Waals surface area contributed by atoms with Crippen LogP contribution in [0.2, 0.25) is 0 Å². The summed E-state index contributed by atoms with van der Waals surface area (Å²) in [6, 6.07) is -1.41. The summed E-state index contributed by atoms with van der Waals surface area (Å²) in [5.74, 6) is -1.73. The number of hydrogen-bond donors (Lipinski definition) is 5. The minimum absolute atomic E-state index is 0.00752. The molecule has 0 saturated heterocycles. The van der Waals surface area contributed by atoms with Crippen molar-refractivity contribution in [3.8, 4) is 0 Å². The lowest BCUT2D eigenvalue weighted by atomic mass is 10.0. The molecule has 302 valence electrons. The van der Waals surface area contributed by atoms with Crippen LogP contribution in [0, 0.1) is 5.92 Å². The zero-order valence-electron chi connectivity index (χ0n) is 32.5. The van der Waals surface area contributed by atoms with Gasteiger partial charge in [0, 0.05) is 44.8 Å². The van der Waals surface area contributed by atoms with Crippen LogP contribution in [0.1, 0.15) is 155 Å². The van der Waals surface area contributed by atoms with Gasteiger partial charge < -0.3 is 40.6 Å². The van der Waals surface area contributed by atoms with Crippen LogP contribution in [0.3, 0.4) is 0 Å². The van der Waals surface area contributed by atoms with Crippen LogP contribution in [-0.4, -0.2) is 93.1 Å². The molecule has 0 saturated carbocycles. The maximum Gasteiger partial charge on any atom is 0.326 e. The quantitative estimate of drug-likeness (QED) is 0.0373. The van der Waals surface area contributed by atoms with Crippen molar-refractivity contribution in [1.82, 2.24) is 21.3 Å². The van der Waals surface area contributed by atoms with Gasteiger partial charge in [-0.3, -0.25) is 14.4 Å². The summed E-state index contributed by atoms with van der Waals surface area (Å²) in [5, 5.41) is 20.2. The van der Waals surface area contributed by atoms with Gasteiger partial charge in [0.2, 0.25) is 11.8 Å². The second-order valence-electron chi connectivity index (χ2n) is 13.9.